The molecule has 18 heavy (non-hydrogen) atoms. The maximum atomic E-state index is 11.7. The Hall–Kier alpha value is -1.44. The van der Waals surface area contributed by atoms with Gasteiger partial charge in [0.15, 0.2) is 0 Å². The molecule has 0 radical (unpaired) electrons. The summed E-state index contributed by atoms with van der Waals surface area (Å²) in [6.45, 7) is 5.75. The quantitative estimate of drug-likeness (QED) is 0.603. The molecule has 0 aliphatic heterocycles. The SMILES string of the molecule is CC(C)(C)S(=O)/N=C/C1=C=C(c2ccccc2)C1. The summed E-state index contributed by atoms with van der Waals surface area (Å²) in [7, 11) is -1.18. The molecule has 0 saturated heterocycles. The molecule has 2 rings (SSSR count). The molecule has 1 unspecified atom stereocenters. The summed E-state index contributed by atoms with van der Waals surface area (Å²) in [5, 5.41) is 0. The summed E-state index contributed by atoms with van der Waals surface area (Å²) < 4.78 is 15.5. The van der Waals surface area contributed by atoms with Crippen molar-refractivity contribution in [3.05, 3.63) is 47.2 Å². The van der Waals surface area contributed by atoms with E-state index in [9.17, 15) is 4.21 Å². The van der Waals surface area contributed by atoms with Crippen molar-refractivity contribution in [3.8, 4) is 0 Å². The average molecular weight is 259 g/mol. The van der Waals surface area contributed by atoms with Crippen LogP contribution >= 0.6 is 0 Å². The van der Waals surface area contributed by atoms with Crippen LogP contribution in [0.1, 0.15) is 32.8 Å². The Morgan fingerprint density at radius 3 is 2.44 bits per heavy atom. The first-order valence-electron chi connectivity index (χ1n) is 5.97. The molecule has 0 bridgehead atoms. The predicted octanol–water partition coefficient (Wildman–Crippen LogP) is 3.53. The highest BCUT2D eigenvalue weighted by Crippen LogP contribution is 2.27. The van der Waals surface area contributed by atoms with E-state index < -0.39 is 11.0 Å². The summed E-state index contributed by atoms with van der Waals surface area (Å²) in [6.07, 6.45) is 2.54. The van der Waals surface area contributed by atoms with Gasteiger partial charge in [-0.3, -0.25) is 0 Å². The minimum atomic E-state index is -1.18. The first-order chi connectivity index (χ1) is 8.47. The van der Waals surface area contributed by atoms with E-state index in [4.69, 9.17) is 0 Å². The Kier molecular flexibility index (Phi) is 3.65. The summed E-state index contributed by atoms with van der Waals surface area (Å²) in [6, 6.07) is 10.2. The Bertz CT molecular complexity index is 558. The lowest BCUT2D eigenvalue weighted by molar-refractivity contribution is 0.651. The fourth-order valence-electron chi connectivity index (χ4n) is 1.53. The second-order valence-corrected chi connectivity index (χ2v) is 7.20. The van der Waals surface area contributed by atoms with Gasteiger partial charge in [-0.15, -0.1) is 5.73 Å². The Balaban J connectivity index is 2.10. The Morgan fingerprint density at radius 2 is 1.89 bits per heavy atom. The number of hydrogen-bond acceptors (Lipinski definition) is 1. The van der Waals surface area contributed by atoms with Crippen LogP contribution in [0.2, 0.25) is 0 Å². The van der Waals surface area contributed by atoms with Crippen molar-refractivity contribution in [1.29, 1.82) is 0 Å². The first kappa shape index (κ1) is 13.0. The van der Waals surface area contributed by atoms with Crippen LogP contribution in [0.4, 0.5) is 0 Å². The number of hydrogen-bond donors (Lipinski definition) is 0. The van der Waals surface area contributed by atoms with Crippen molar-refractivity contribution in [2.75, 3.05) is 0 Å². The van der Waals surface area contributed by atoms with Gasteiger partial charge in [-0.1, -0.05) is 30.3 Å². The van der Waals surface area contributed by atoms with Crippen LogP contribution in [0.5, 0.6) is 0 Å². The van der Waals surface area contributed by atoms with E-state index in [0.717, 1.165) is 12.0 Å². The van der Waals surface area contributed by atoms with Crippen molar-refractivity contribution in [1.82, 2.24) is 0 Å². The highest BCUT2D eigenvalue weighted by atomic mass is 32.2. The molecule has 2 nitrogen and oxygen atoms in total. The lowest BCUT2D eigenvalue weighted by Gasteiger charge is -2.15. The lowest BCUT2D eigenvalue weighted by Crippen LogP contribution is -2.19. The molecule has 1 aromatic rings. The van der Waals surface area contributed by atoms with Crippen LogP contribution in [0.25, 0.3) is 5.57 Å². The highest BCUT2D eigenvalue weighted by molar-refractivity contribution is 7.85. The van der Waals surface area contributed by atoms with E-state index in [1.165, 1.54) is 11.1 Å². The largest absolute Gasteiger partial charge is 0.234 e. The fraction of sp³-hybridized carbons (Fsp3) is 0.333. The topological polar surface area (TPSA) is 29.4 Å². The fourth-order valence-corrected chi connectivity index (χ4v) is 2.07. The zero-order valence-electron chi connectivity index (χ0n) is 10.9. The predicted molar refractivity (Wildman–Crippen MR) is 77.9 cm³/mol. The van der Waals surface area contributed by atoms with Gasteiger partial charge in [0.05, 0.1) is 4.75 Å². The van der Waals surface area contributed by atoms with Gasteiger partial charge in [-0.2, -0.15) is 4.40 Å². The van der Waals surface area contributed by atoms with Gasteiger partial charge >= 0.3 is 0 Å². The first-order valence-corrected chi connectivity index (χ1v) is 7.07. The van der Waals surface area contributed by atoms with E-state index >= 15 is 0 Å². The molecule has 0 heterocycles. The van der Waals surface area contributed by atoms with Crippen molar-refractivity contribution in [2.24, 2.45) is 4.40 Å². The number of allylic oxidation sites excluding steroid dienone is 1. The van der Waals surface area contributed by atoms with E-state index in [1.807, 2.05) is 39.0 Å². The molecule has 94 valence electrons. The third-order valence-electron chi connectivity index (χ3n) is 2.63. The Labute approximate surface area is 111 Å². The zero-order valence-corrected chi connectivity index (χ0v) is 11.8. The van der Waals surface area contributed by atoms with Gasteiger partial charge in [0.1, 0.15) is 11.0 Å². The summed E-state index contributed by atoms with van der Waals surface area (Å²) >= 11 is 0. The van der Waals surface area contributed by atoms with Gasteiger partial charge < -0.3 is 0 Å². The van der Waals surface area contributed by atoms with Gasteiger partial charge in [-0.05, 0) is 26.3 Å². The summed E-state index contributed by atoms with van der Waals surface area (Å²) in [5.74, 6) is 0. The van der Waals surface area contributed by atoms with E-state index in [1.54, 1.807) is 6.21 Å². The molecule has 1 aromatic carbocycles. The standard InChI is InChI=1S/C15H17NOS/c1-15(2,3)18(17)16-11-12-9-14(10-12)13-7-5-4-6-8-13/h4-8,11H,9H2,1-3H3/b16-11+. The molecule has 1 atom stereocenters. The normalized spacial score (nSPS) is 17.1. The number of benzene rings is 1. The number of nitrogens with zero attached hydrogens (tertiary/aromatic N) is 1. The zero-order chi connectivity index (χ0) is 13.2. The minimum Gasteiger partial charge on any atom is -0.234 e. The molecule has 0 amide bonds. The molecule has 0 saturated carbocycles. The minimum absolute atomic E-state index is 0.299. The third-order valence-corrected chi connectivity index (χ3v) is 3.97. The molecule has 0 fully saturated rings. The maximum absolute atomic E-state index is 11.7. The summed E-state index contributed by atoms with van der Waals surface area (Å²) in [4.78, 5) is 0. The molecule has 3 heteroatoms. The smallest absolute Gasteiger partial charge is 0.144 e. The van der Waals surface area contributed by atoms with Crippen LogP contribution < -0.4 is 0 Å². The molecule has 1 aliphatic carbocycles. The number of rotatable bonds is 3. The molecular weight excluding hydrogens is 242 g/mol. The van der Waals surface area contributed by atoms with Gasteiger partial charge in [0, 0.05) is 23.8 Å². The average Bonchev–Trinajstić information content (AvgIpc) is 2.26. The second kappa shape index (κ2) is 5.05. The van der Waals surface area contributed by atoms with Crippen LogP contribution in [0, 0.1) is 0 Å². The summed E-state index contributed by atoms with van der Waals surface area (Å²) in [5.41, 5.74) is 6.67. The molecule has 0 aromatic heterocycles. The lowest BCUT2D eigenvalue weighted by atomic mass is 9.92. The molecule has 0 spiro atoms. The van der Waals surface area contributed by atoms with Crippen LogP contribution in [-0.4, -0.2) is 15.2 Å². The van der Waals surface area contributed by atoms with Crippen LogP contribution in [0.3, 0.4) is 0 Å². The van der Waals surface area contributed by atoms with Crippen LogP contribution in [-0.2, 0) is 11.0 Å². The van der Waals surface area contributed by atoms with Gasteiger partial charge in [0.2, 0.25) is 0 Å². The van der Waals surface area contributed by atoms with E-state index in [2.05, 4.69) is 22.3 Å². The van der Waals surface area contributed by atoms with Crippen molar-refractivity contribution in [2.45, 2.75) is 31.9 Å². The maximum Gasteiger partial charge on any atom is 0.144 e. The highest BCUT2D eigenvalue weighted by Gasteiger charge is 2.19. The molecule has 0 N–H and O–H groups in total. The van der Waals surface area contributed by atoms with Crippen molar-refractivity contribution in [3.63, 3.8) is 0 Å². The van der Waals surface area contributed by atoms with Crippen LogP contribution in [0.15, 0.2) is 46.0 Å². The monoisotopic (exact) mass is 259 g/mol. The molecular formula is C15H17NOS. The van der Waals surface area contributed by atoms with Crippen molar-refractivity contribution >= 4 is 22.8 Å². The van der Waals surface area contributed by atoms with E-state index in [0.29, 0.717) is 0 Å². The van der Waals surface area contributed by atoms with Crippen molar-refractivity contribution < 1.29 is 4.21 Å². The third kappa shape index (κ3) is 3.06. The second-order valence-electron chi connectivity index (χ2n) is 5.27. The van der Waals surface area contributed by atoms with Gasteiger partial charge in [-0.25, -0.2) is 4.21 Å². The Morgan fingerprint density at radius 1 is 1.28 bits per heavy atom. The van der Waals surface area contributed by atoms with E-state index in [-0.39, 0.29) is 4.75 Å². The molecule has 1 aliphatic rings. The van der Waals surface area contributed by atoms with Gasteiger partial charge in [0.25, 0.3) is 0 Å².